The van der Waals surface area contributed by atoms with E-state index in [-0.39, 0.29) is 23.0 Å². The maximum atomic E-state index is 12.1. The summed E-state index contributed by atoms with van der Waals surface area (Å²) in [5.74, 6) is -1.08. The number of rotatable bonds is 12. The molecule has 2 aromatic rings. The van der Waals surface area contributed by atoms with Crippen LogP contribution in [0.5, 0.6) is 23.0 Å². The molecule has 4 N–H and O–H groups in total. The maximum absolute atomic E-state index is 12.1. The minimum Gasteiger partial charge on any atom is -0.493 e. The van der Waals surface area contributed by atoms with Gasteiger partial charge in [-0.25, -0.2) is 0 Å². The van der Waals surface area contributed by atoms with Crippen molar-refractivity contribution in [1.82, 2.24) is 0 Å². The SMILES string of the molecule is COc1cc(/C=C/C(=O)CC(=O)/C=C/c2ccc(OS(N)(=O)=O)c(OC)c2)ccc1OS(N)(=O)=O. The van der Waals surface area contributed by atoms with E-state index in [1.54, 1.807) is 0 Å². The summed E-state index contributed by atoms with van der Waals surface area (Å²) in [7, 11) is -5.89. The Labute approximate surface area is 202 Å². The highest BCUT2D eigenvalue weighted by Gasteiger charge is 2.13. The standard InChI is InChI=1S/C21H22N2O10S2/c1-30-20-11-14(5-9-18(20)32-34(22,26)27)3-7-16(24)13-17(25)8-4-15-6-10-19(21(12-15)31-2)33-35(23,28)29/h3-12H,13H2,1-2H3,(H2,22,26,27)(H2,23,28,29)/b7-3+,8-4+. The molecule has 0 heterocycles. The molecule has 0 bridgehead atoms. The van der Waals surface area contributed by atoms with Gasteiger partial charge in [-0.15, -0.1) is 0 Å². The van der Waals surface area contributed by atoms with Crippen LogP contribution in [-0.2, 0) is 30.2 Å². The van der Waals surface area contributed by atoms with Crippen molar-refractivity contribution in [2.45, 2.75) is 6.42 Å². The topological polar surface area (TPSA) is 191 Å². The highest BCUT2D eigenvalue weighted by atomic mass is 32.2. The number of nitrogens with two attached hydrogens (primary N) is 2. The Kier molecular flexibility index (Phi) is 9.13. The van der Waals surface area contributed by atoms with Crippen LogP contribution in [0.15, 0.2) is 48.6 Å². The normalized spacial score (nSPS) is 12.0. The first-order valence-electron chi connectivity index (χ1n) is 9.52. The molecule has 188 valence electrons. The molecule has 0 saturated carbocycles. The lowest BCUT2D eigenvalue weighted by atomic mass is 10.1. The molecule has 0 aliphatic heterocycles. The van der Waals surface area contributed by atoms with Gasteiger partial charge in [-0.1, -0.05) is 24.3 Å². The van der Waals surface area contributed by atoms with E-state index in [1.807, 2.05) is 0 Å². The highest BCUT2D eigenvalue weighted by Crippen LogP contribution is 2.30. The Morgan fingerprint density at radius 3 is 1.40 bits per heavy atom. The Morgan fingerprint density at radius 2 is 1.09 bits per heavy atom. The van der Waals surface area contributed by atoms with Crippen molar-refractivity contribution in [3.8, 4) is 23.0 Å². The van der Waals surface area contributed by atoms with E-state index in [9.17, 15) is 26.4 Å². The van der Waals surface area contributed by atoms with Gasteiger partial charge in [0, 0.05) is 0 Å². The summed E-state index contributed by atoms with van der Waals surface area (Å²) >= 11 is 0. The van der Waals surface area contributed by atoms with E-state index in [0.717, 1.165) is 0 Å². The number of methoxy groups -OCH3 is 2. The van der Waals surface area contributed by atoms with Crippen LogP contribution in [0.4, 0.5) is 0 Å². The molecule has 12 nitrogen and oxygen atoms in total. The van der Waals surface area contributed by atoms with E-state index in [1.165, 1.54) is 74.9 Å². The van der Waals surface area contributed by atoms with E-state index in [2.05, 4.69) is 8.37 Å². The average molecular weight is 527 g/mol. The predicted molar refractivity (Wildman–Crippen MR) is 126 cm³/mol. The lowest BCUT2D eigenvalue weighted by Crippen LogP contribution is -2.19. The first kappa shape index (κ1) is 27.5. The van der Waals surface area contributed by atoms with Gasteiger partial charge >= 0.3 is 20.6 Å². The molecule has 0 atom stereocenters. The van der Waals surface area contributed by atoms with Gasteiger partial charge in [0.1, 0.15) is 0 Å². The molecule has 0 spiro atoms. The van der Waals surface area contributed by atoms with Gasteiger partial charge in [-0.3, -0.25) is 9.59 Å². The third kappa shape index (κ3) is 9.58. The van der Waals surface area contributed by atoms with Crippen LogP contribution < -0.4 is 28.1 Å². The summed E-state index contributed by atoms with van der Waals surface area (Å²) in [5.41, 5.74) is 0.961. The molecule has 0 aromatic heterocycles. The van der Waals surface area contributed by atoms with Crippen molar-refractivity contribution >= 4 is 44.3 Å². The Morgan fingerprint density at radius 1 is 0.714 bits per heavy atom. The third-order valence-corrected chi connectivity index (χ3v) is 4.88. The lowest BCUT2D eigenvalue weighted by molar-refractivity contribution is -0.121. The second kappa shape index (κ2) is 11.6. The second-order valence-corrected chi connectivity index (χ2v) is 9.05. The Balaban J connectivity index is 2.03. The second-order valence-electron chi connectivity index (χ2n) is 6.75. The summed E-state index contributed by atoms with van der Waals surface area (Å²) in [6.45, 7) is 0. The smallest absolute Gasteiger partial charge is 0.380 e. The van der Waals surface area contributed by atoms with Crippen molar-refractivity contribution in [3.05, 3.63) is 59.7 Å². The summed E-state index contributed by atoms with van der Waals surface area (Å²) in [6.07, 6.45) is 4.78. The molecule has 0 aliphatic rings. The van der Waals surface area contributed by atoms with Crippen LogP contribution in [0, 0.1) is 0 Å². The number of allylic oxidation sites excluding steroid dienone is 2. The molecule has 0 amide bonds. The Hall–Kier alpha value is -3.72. The number of hydrogen-bond donors (Lipinski definition) is 2. The number of carbonyl (C=O) groups excluding carboxylic acids is 2. The third-order valence-electron chi connectivity index (χ3n) is 4.06. The molecule has 0 unspecified atom stereocenters. The Bertz CT molecular complexity index is 1280. The molecule has 0 aliphatic carbocycles. The van der Waals surface area contributed by atoms with Crippen molar-refractivity contribution in [3.63, 3.8) is 0 Å². The first-order chi connectivity index (χ1) is 16.3. The van der Waals surface area contributed by atoms with Crippen LogP contribution in [0.25, 0.3) is 12.2 Å². The fourth-order valence-corrected chi connectivity index (χ4v) is 3.41. The molecule has 35 heavy (non-hydrogen) atoms. The average Bonchev–Trinajstić information content (AvgIpc) is 2.75. The highest BCUT2D eigenvalue weighted by molar-refractivity contribution is 7.85. The van der Waals surface area contributed by atoms with Gasteiger partial charge < -0.3 is 17.8 Å². The van der Waals surface area contributed by atoms with E-state index in [4.69, 9.17) is 19.8 Å². The first-order valence-corrected chi connectivity index (χ1v) is 12.5. The van der Waals surface area contributed by atoms with Gasteiger partial charge in [-0.2, -0.15) is 27.1 Å². The van der Waals surface area contributed by atoms with Crippen molar-refractivity contribution in [2.75, 3.05) is 14.2 Å². The quantitative estimate of drug-likeness (QED) is 0.299. The minimum absolute atomic E-state index is 0.0727. The van der Waals surface area contributed by atoms with Crippen LogP contribution in [-0.4, -0.2) is 42.6 Å². The van der Waals surface area contributed by atoms with E-state index in [0.29, 0.717) is 11.1 Å². The molecule has 2 aromatic carbocycles. The van der Waals surface area contributed by atoms with E-state index < -0.39 is 38.6 Å². The fraction of sp³-hybridized carbons (Fsp3) is 0.143. The molecule has 0 saturated heterocycles. The number of carbonyl (C=O) groups is 2. The van der Waals surface area contributed by atoms with Gasteiger partial charge in [0.2, 0.25) is 0 Å². The van der Waals surface area contributed by atoms with Gasteiger partial charge in [0.15, 0.2) is 34.6 Å². The van der Waals surface area contributed by atoms with Crippen molar-refractivity contribution < 1.29 is 44.3 Å². The number of benzene rings is 2. The summed E-state index contributed by atoms with van der Waals surface area (Å²) in [4.78, 5) is 24.3. The zero-order chi connectivity index (χ0) is 26.2. The van der Waals surface area contributed by atoms with Crippen molar-refractivity contribution in [2.24, 2.45) is 10.3 Å². The van der Waals surface area contributed by atoms with Gasteiger partial charge in [0.25, 0.3) is 0 Å². The molecule has 2 rings (SSSR count). The molecule has 14 heteroatoms. The summed E-state index contributed by atoms with van der Waals surface area (Å²) in [5, 5.41) is 9.68. The maximum Gasteiger partial charge on any atom is 0.380 e. The van der Waals surface area contributed by atoms with Crippen LogP contribution in [0.2, 0.25) is 0 Å². The summed E-state index contributed by atoms with van der Waals surface area (Å²) in [6, 6.07) is 8.37. The van der Waals surface area contributed by atoms with Crippen LogP contribution >= 0.6 is 0 Å². The molecular weight excluding hydrogens is 504 g/mol. The van der Waals surface area contributed by atoms with Crippen molar-refractivity contribution in [1.29, 1.82) is 0 Å². The minimum atomic E-state index is -4.24. The molecule has 0 fully saturated rings. The molecular formula is C21H22N2O10S2. The molecule has 0 radical (unpaired) electrons. The predicted octanol–water partition coefficient (Wildman–Crippen LogP) is 1.12. The zero-order valence-electron chi connectivity index (χ0n) is 18.5. The van der Waals surface area contributed by atoms with Gasteiger partial charge in [-0.05, 0) is 47.5 Å². The van der Waals surface area contributed by atoms with Crippen LogP contribution in [0.3, 0.4) is 0 Å². The summed E-state index contributed by atoms with van der Waals surface area (Å²) < 4.78 is 63.6. The number of hydrogen-bond acceptors (Lipinski definition) is 10. The van der Waals surface area contributed by atoms with Gasteiger partial charge in [0.05, 0.1) is 20.6 Å². The van der Waals surface area contributed by atoms with Crippen LogP contribution in [0.1, 0.15) is 17.5 Å². The lowest BCUT2D eigenvalue weighted by Gasteiger charge is -2.08. The fourth-order valence-electron chi connectivity index (χ4n) is 2.63. The van der Waals surface area contributed by atoms with E-state index >= 15 is 0 Å². The largest absolute Gasteiger partial charge is 0.493 e. The number of ketones is 2. The monoisotopic (exact) mass is 526 g/mol. The number of ether oxygens (including phenoxy) is 2. The zero-order valence-corrected chi connectivity index (χ0v) is 20.2.